The summed E-state index contributed by atoms with van der Waals surface area (Å²) in [5.74, 6) is -1.96. The first-order chi connectivity index (χ1) is 19.8. The number of hydrogen-bond acceptors (Lipinski definition) is 9. The molecular weight excluding hydrogens is 562 g/mol. The van der Waals surface area contributed by atoms with Crippen LogP contribution in [0.2, 0.25) is 0 Å². The summed E-state index contributed by atoms with van der Waals surface area (Å²) in [4.78, 5) is 26.5. The maximum Gasteiger partial charge on any atom is 0.316 e. The molecule has 0 saturated carbocycles. The quantitative estimate of drug-likeness (QED) is 0.236. The second-order valence-electron chi connectivity index (χ2n) is 11.0. The van der Waals surface area contributed by atoms with Crippen molar-refractivity contribution in [1.29, 1.82) is 0 Å². The van der Waals surface area contributed by atoms with Crippen LogP contribution in [0.5, 0.6) is 17.2 Å². The number of aliphatic hydroxyl groups excluding tert-OH is 1. The van der Waals surface area contributed by atoms with Gasteiger partial charge in [0, 0.05) is 17.1 Å². The highest BCUT2D eigenvalue weighted by atomic mass is 32.2. The first-order valence-electron chi connectivity index (χ1n) is 13.2. The van der Waals surface area contributed by atoms with E-state index in [9.17, 15) is 23.1 Å². The molecule has 1 aliphatic rings. The summed E-state index contributed by atoms with van der Waals surface area (Å²) in [6.07, 6.45) is -0.137. The maximum atomic E-state index is 13.7. The topological polar surface area (TPSA) is 130 Å². The third-order valence-corrected chi connectivity index (χ3v) is 8.76. The van der Waals surface area contributed by atoms with Gasteiger partial charge in [-0.2, -0.15) is 0 Å². The lowest BCUT2D eigenvalue weighted by atomic mass is 9.86. The predicted octanol–water partition coefficient (Wildman–Crippen LogP) is 4.86. The Hall–Kier alpha value is -4.35. The molecule has 1 aliphatic heterocycles. The fourth-order valence-corrected chi connectivity index (χ4v) is 6.06. The lowest BCUT2D eigenvalue weighted by molar-refractivity contribution is -0.146. The van der Waals surface area contributed by atoms with Gasteiger partial charge in [-0.25, -0.2) is 12.4 Å². The van der Waals surface area contributed by atoms with E-state index < -0.39 is 39.4 Å². The Balaban J connectivity index is 1.72. The molecule has 42 heavy (non-hydrogen) atoms. The van der Waals surface area contributed by atoms with E-state index in [-0.39, 0.29) is 33.9 Å². The molecule has 0 bridgehead atoms. The number of ether oxygens (including phenoxy) is 4. The number of methoxy groups -OCH3 is 1. The normalized spacial score (nSPS) is 14.4. The molecule has 0 radical (unpaired) electrons. The molecular formula is C31H31NO9S. The summed E-state index contributed by atoms with van der Waals surface area (Å²) in [5, 5.41) is 11.9. The van der Waals surface area contributed by atoms with Crippen molar-refractivity contribution in [3.05, 3.63) is 83.6 Å². The summed E-state index contributed by atoms with van der Waals surface area (Å²) in [6.45, 7) is 6.91. The second kappa shape index (κ2) is 10.8. The first-order valence-corrected chi connectivity index (χ1v) is 14.6. The van der Waals surface area contributed by atoms with Gasteiger partial charge in [0.1, 0.15) is 11.7 Å². The molecule has 2 atom stereocenters. The van der Waals surface area contributed by atoms with Crippen molar-refractivity contribution < 1.29 is 42.1 Å². The lowest BCUT2D eigenvalue weighted by Crippen LogP contribution is -2.28. The minimum atomic E-state index is -4.05. The van der Waals surface area contributed by atoms with E-state index in [2.05, 4.69) is 0 Å². The fourth-order valence-electron chi connectivity index (χ4n) is 4.71. The Bertz CT molecular complexity index is 1780. The van der Waals surface area contributed by atoms with Gasteiger partial charge in [0.15, 0.2) is 11.5 Å². The van der Waals surface area contributed by atoms with Crippen LogP contribution in [0.1, 0.15) is 49.5 Å². The fraction of sp³-hybridized carbons (Fsp3) is 0.290. The minimum absolute atomic E-state index is 0.0110. The van der Waals surface area contributed by atoms with Crippen LogP contribution in [-0.2, 0) is 24.3 Å². The Labute approximate surface area is 243 Å². The molecule has 1 N–H and O–H groups in total. The monoisotopic (exact) mass is 593 g/mol. The molecule has 3 aromatic carbocycles. The highest BCUT2D eigenvalue weighted by Crippen LogP contribution is 2.44. The SMILES string of the molecule is COC(=O)[C@@H](c1c(OC(=O)C(C)(C)C)ccc2c1ccn2S(=O)(=O)c1ccc(C)cc1)[C@H](O)c1ccc2c(c1)OCO2. The Morgan fingerprint density at radius 3 is 2.33 bits per heavy atom. The summed E-state index contributed by atoms with van der Waals surface area (Å²) < 4.78 is 50.1. The molecule has 2 heterocycles. The summed E-state index contributed by atoms with van der Waals surface area (Å²) in [7, 11) is -2.87. The predicted molar refractivity (Wildman–Crippen MR) is 153 cm³/mol. The number of nitrogens with zero attached hydrogens (tertiary/aromatic N) is 1. The van der Waals surface area contributed by atoms with Crippen LogP contribution in [0, 0.1) is 12.3 Å². The number of carbonyl (C=O) groups is 2. The van der Waals surface area contributed by atoms with E-state index in [1.54, 1.807) is 51.1 Å². The van der Waals surface area contributed by atoms with Crippen LogP contribution in [0.25, 0.3) is 10.9 Å². The van der Waals surface area contributed by atoms with Crippen LogP contribution in [0.4, 0.5) is 0 Å². The number of fused-ring (bicyclic) bond motifs is 2. The highest BCUT2D eigenvalue weighted by molar-refractivity contribution is 7.90. The summed E-state index contributed by atoms with van der Waals surface area (Å²) >= 11 is 0. The van der Waals surface area contributed by atoms with Crippen molar-refractivity contribution in [3.63, 3.8) is 0 Å². The third kappa shape index (κ3) is 5.21. The van der Waals surface area contributed by atoms with E-state index in [4.69, 9.17) is 18.9 Å². The van der Waals surface area contributed by atoms with E-state index >= 15 is 0 Å². The zero-order valence-electron chi connectivity index (χ0n) is 23.8. The Morgan fingerprint density at radius 2 is 1.67 bits per heavy atom. The van der Waals surface area contributed by atoms with Gasteiger partial charge in [0.2, 0.25) is 6.79 Å². The number of hydrogen-bond donors (Lipinski definition) is 1. The number of rotatable bonds is 7. The van der Waals surface area contributed by atoms with E-state index in [1.165, 1.54) is 43.6 Å². The average molecular weight is 594 g/mol. The lowest BCUT2D eigenvalue weighted by Gasteiger charge is -2.25. The molecule has 5 rings (SSSR count). The van der Waals surface area contributed by atoms with Gasteiger partial charge in [-0.15, -0.1) is 0 Å². The molecule has 0 spiro atoms. The van der Waals surface area contributed by atoms with Gasteiger partial charge in [-0.05, 0) is 75.7 Å². The molecule has 11 heteroatoms. The van der Waals surface area contributed by atoms with Crippen molar-refractivity contribution in [3.8, 4) is 17.2 Å². The van der Waals surface area contributed by atoms with E-state index in [0.29, 0.717) is 17.1 Å². The van der Waals surface area contributed by atoms with Crippen molar-refractivity contribution in [1.82, 2.24) is 3.97 Å². The standard InChI is InChI=1S/C31H31NO9S/c1-18-6-9-20(10-7-18)42(36,37)32-15-14-21-22(32)11-13-24(41-30(35)31(2,3)4)26(21)27(29(34)38-5)28(33)19-8-12-23-25(16-19)40-17-39-23/h6-16,27-28,33H,17H2,1-5H3/t27-,28+/m0/s1. The van der Waals surface area contributed by atoms with Gasteiger partial charge in [0.25, 0.3) is 10.0 Å². The number of benzene rings is 3. The first kappa shape index (κ1) is 29.2. The highest BCUT2D eigenvalue weighted by Gasteiger charge is 2.38. The van der Waals surface area contributed by atoms with Crippen LogP contribution >= 0.6 is 0 Å². The van der Waals surface area contributed by atoms with Gasteiger partial charge in [0.05, 0.1) is 29.0 Å². The smallest absolute Gasteiger partial charge is 0.316 e. The third-order valence-electron chi connectivity index (χ3n) is 7.05. The largest absolute Gasteiger partial charge is 0.468 e. The van der Waals surface area contributed by atoms with Crippen LogP contribution in [0.3, 0.4) is 0 Å². The Morgan fingerprint density at radius 1 is 0.976 bits per heavy atom. The van der Waals surface area contributed by atoms with Crippen molar-refractivity contribution in [2.75, 3.05) is 13.9 Å². The molecule has 1 aromatic heterocycles. The molecule has 0 aliphatic carbocycles. The van der Waals surface area contributed by atoms with Crippen molar-refractivity contribution in [2.24, 2.45) is 5.41 Å². The number of esters is 2. The molecule has 0 fully saturated rings. The van der Waals surface area contributed by atoms with Gasteiger partial charge < -0.3 is 24.1 Å². The van der Waals surface area contributed by atoms with Crippen LogP contribution in [0.15, 0.2) is 71.8 Å². The van der Waals surface area contributed by atoms with E-state index in [1.807, 2.05) is 6.92 Å². The van der Waals surface area contributed by atoms with Crippen molar-refractivity contribution in [2.45, 2.75) is 44.6 Å². The molecule has 0 unspecified atom stereocenters. The maximum absolute atomic E-state index is 13.7. The summed E-state index contributed by atoms with van der Waals surface area (Å²) in [6, 6.07) is 15.6. The van der Waals surface area contributed by atoms with E-state index in [0.717, 1.165) is 9.54 Å². The van der Waals surface area contributed by atoms with Gasteiger partial charge in [-0.3, -0.25) is 9.59 Å². The average Bonchev–Trinajstić information content (AvgIpc) is 3.60. The second-order valence-corrected chi connectivity index (χ2v) is 12.9. The number of aryl methyl sites for hydroxylation is 1. The zero-order valence-corrected chi connectivity index (χ0v) is 24.6. The van der Waals surface area contributed by atoms with Crippen molar-refractivity contribution >= 4 is 32.9 Å². The number of aromatic nitrogens is 1. The molecule has 0 saturated heterocycles. The van der Waals surface area contributed by atoms with Crippen LogP contribution < -0.4 is 14.2 Å². The van der Waals surface area contributed by atoms with Crippen LogP contribution in [-0.4, -0.2) is 43.3 Å². The molecule has 0 amide bonds. The minimum Gasteiger partial charge on any atom is -0.468 e. The number of aliphatic hydroxyl groups is 1. The van der Waals surface area contributed by atoms with Gasteiger partial charge in [-0.1, -0.05) is 23.8 Å². The molecule has 4 aromatic rings. The Kier molecular flexibility index (Phi) is 7.50. The van der Waals surface area contributed by atoms with Gasteiger partial charge >= 0.3 is 11.9 Å². The molecule has 10 nitrogen and oxygen atoms in total. The zero-order chi connectivity index (χ0) is 30.4. The molecule has 220 valence electrons. The summed E-state index contributed by atoms with van der Waals surface area (Å²) in [5.41, 5.74) is 0.626. The number of carbonyl (C=O) groups excluding carboxylic acids is 2.